The molecule has 2 rings (SSSR count). The molecule has 0 radical (unpaired) electrons. The second kappa shape index (κ2) is 5.28. The molecule has 0 N–H and O–H groups in total. The maximum Gasteiger partial charge on any atom is 0.222 e. The SMILES string of the molecule is CC(C)(C)S(=O)(=O)N1C(F)CC[C@@H]1c1cc(F)ccc1F. The third-order valence-corrected chi connectivity index (χ3v) is 6.22. The fraction of sp³-hybridized carbons (Fsp3) is 0.571. The minimum atomic E-state index is -3.98. The van der Waals surface area contributed by atoms with E-state index in [0.717, 1.165) is 18.2 Å². The number of hydrogen-bond donors (Lipinski definition) is 0. The summed E-state index contributed by atoms with van der Waals surface area (Å²) in [5, 5.41) is 0. The van der Waals surface area contributed by atoms with Crippen LogP contribution in [0, 0.1) is 11.6 Å². The molecule has 118 valence electrons. The molecule has 1 fully saturated rings. The summed E-state index contributed by atoms with van der Waals surface area (Å²) < 4.78 is 65.8. The molecule has 1 aliphatic heterocycles. The first-order valence-electron chi connectivity index (χ1n) is 6.68. The molecule has 0 aliphatic carbocycles. The summed E-state index contributed by atoms with van der Waals surface area (Å²) in [5.41, 5.74) is -0.122. The van der Waals surface area contributed by atoms with Crippen molar-refractivity contribution in [2.75, 3.05) is 0 Å². The van der Waals surface area contributed by atoms with E-state index in [4.69, 9.17) is 0 Å². The van der Waals surface area contributed by atoms with Crippen molar-refractivity contribution in [3.8, 4) is 0 Å². The number of nitrogens with zero attached hydrogens (tertiary/aromatic N) is 1. The van der Waals surface area contributed by atoms with Crippen LogP contribution in [0.25, 0.3) is 0 Å². The van der Waals surface area contributed by atoms with Gasteiger partial charge in [0.15, 0.2) is 6.30 Å². The third kappa shape index (κ3) is 2.81. The van der Waals surface area contributed by atoms with Crippen LogP contribution in [0.2, 0.25) is 0 Å². The lowest BCUT2D eigenvalue weighted by Crippen LogP contribution is -2.45. The summed E-state index contributed by atoms with van der Waals surface area (Å²) in [6.07, 6.45) is -1.63. The Labute approximate surface area is 122 Å². The van der Waals surface area contributed by atoms with Gasteiger partial charge >= 0.3 is 0 Å². The Bertz CT molecular complexity index is 640. The molecule has 0 aromatic heterocycles. The van der Waals surface area contributed by atoms with Gasteiger partial charge in [0.1, 0.15) is 11.6 Å². The second-order valence-corrected chi connectivity index (χ2v) is 8.74. The van der Waals surface area contributed by atoms with E-state index in [0.29, 0.717) is 4.31 Å². The third-order valence-electron chi connectivity index (χ3n) is 3.63. The predicted octanol–water partition coefficient (Wildman–Crippen LogP) is 3.53. The van der Waals surface area contributed by atoms with Gasteiger partial charge in [0.25, 0.3) is 0 Å². The fourth-order valence-electron chi connectivity index (χ4n) is 2.44. The molecule has 1 aromatic rings. The lowest BCUT2D eigenvalue weighted by molar-refractivity contribution is 0.179. The Kier molecular flexibility index (Phi) is 4.10. The van der Waals surface area contributed by atoms with Crippen LogP contribution >= 0.6 is 0 Å². The van der Waals surface area contributed by atoms with Crippen LogP contribution in [0.3, 0.4) is 0 Å². The summed E-state index contributed by atoms with van der Waals surface area (Å²) in [5.74, 6) is -1.41. The fourth-order valence-corrected chi connectivity index (χ4v) is 4.04. The molecule has 2 atom stereocenters. The summed E-state index contributed by atoms with van der Waals surface area (Å²) in [6, 6.07) is 1.80. The first-order valence-corrected chi connectivity index (χ1v) is 8.12. The highest BCUT2D eigenvalue weighted by Gasteiger charge is 2.48. The van der Waals surface area contributed by atoms with E-state index in [1.54, 1.807) is 0 Å². The Balaban J connectivity index is 2.52. The molecule has 0 spiro atoms. The summed E-state index contributed by atoms with van der Waals surface area (Å²) in [4.78, 5) is 0. The van der Waals surface area contributed by atoms with E-state index in [-0.39, 0.29) is 18.4 Å². The maximum absolute atomic E-state index is 14.1. The standard InChI is InChI=1S/C14H18F3NO2S/c1-14(2,3)21(19,20)18-12(6-7-13(18)17)10-8-9(15)4-5-11(10)16/h4-5,8,12-13H,6-7H2,1-3H3/t12-,13?/m1/s1. The maximum atomic E-state index is 14.1. The quantitative estimate of drug-likeness (QED) is 0.782. The number of alkyl halides is 1. The van der Waals surface area contributed by atoms with Crippen LogP contribution in [0.1, 0.15) is 45.2 Å². The molecule has 1 heterocycles. The largest absolute Gasteiger partial charge is 0.229 e. The number of rotatable bonds is 2. The zero-order valence-corrected chi connectivity index (χ0v) is 12.9. The molecule has 0 bridgehead atoms. The van der Waals surface area contributed by atoms with E-state index in [1.165, 1.54) is 20.8 Å². The Morgan fingerprint density at radius 1 is 1.19 bits per heavy atom. The Morgan fingerprint density at radius 3 is 2.38 bits per heavy atom. The van der Waals surface area contributed by atoms with Gasteiger partial charge in [-0.25, -0.2) is 21.6 Å². The van der Waals surface area contributed by atoms with Gasteiger partial charge in [0.05, 0.1) is 10.8 Å². The summed E-state index contributed by atoms with van der Waals surface area (Å²) >= 11 is 0. The molecule has 21 heavy (non-hydrogen) atoms. The highest BCUT2D eigenvalue weighted by molar-refractivity contribution is 7.90. The molecular formula is C14H18F3NO2S. The van der Waals surface area contributed by atoms with E-state index in [2.05, 4.69) is 0 Å². The van der Waals surface area contributed by atoms with Gasteiger partial charge in [0, 0.05) is 5.56 Å². The van der Waals surface area contributed by atoms with Gasteiger partial charge in [-0.15, -0.1) is 0 Å². The predicted molar refractivity (Wildman–Crippen MR) is 73.7 cm³/mol. The average Bonchev–Trinajstić information content (AvgIpc) is 2.73. The van der Waals surface area contributed by atoms with Crippen molar-refractivity contribution in [2.45, 2.75) is 50.7 Å². The molecule has 7 heteroatoms. The molecule has 1 unspecified atom stereocenters. The van der Waals surface area contributed by atoms with Crippen molar-refractivity contribution < 1.29 is 21.6 Å². The summed E-state index contributed by atoms with van der Waals surface area (Å²) in [6.45, 7) is 4.35. The first kappa shape index (κ1) is 16.3. The van der Waals surface area contributed by atoms with Gasteiger partial charge in [-0.1, -0.05) is 0 Å². The van der Waals surface area contributed by atoms with E-state index in [1.807, 2.05) is 0 Å². The van der Waals surface area contributed by atoms with Crippen molar-refractivity contribution in [1.29, 1.82) is 0 Å². The van der Waals surface area contributed by atoms with Gasteiger partial charge in [-0.3, -0.25) is 0 Å². The van der Waals surface area contributed by atoms with Crippen molar-refractivity contribution in [2.24, 2.45) is 0 Å². The summed E-state index contributed by atoms with van der Waals surface area (Å²) in [7, 11) is -3.98. The van der Waals surface area contributed by atoms with Gasteiger partial charge in [-0.05, 0) is 51.8 Å². The van der Waals surface area contributed by atoms with E-state index >= 15 is 0 Å². The highest BCUT2D eigenvalue weighted by atomic mass is 32.2. The van der Waals surface area contributed by atoms with Gasteiger partial charge < -0.3 is 0 Å². The van der Waals surface area contributed by atoms with E-state index in [9.17, 15) is 21.6 Å². The van der Waals surface area contributed by atoms with Gasteiger partial charge in [0.2, 0.25) is 10.0 Å². The second-order valence-electron chi connectivity index (χ2n) is 6.14. The minimum absolute atomic E-state index is 0.0318. The van der Waals surface area contributed by atoms with Crippen LogP contribution in [-0.2, 0) is 10.0 Å². The van der Waals surface area contributed by atoms with Crippen LogP contribution < -0.4 is 0 Å². The molecule has 1 aromatic carbocycles. The van der Waals surface area contributed by atoms with Crippen LogP contribution in [0.4, 0.5) is 13.2 Å². The molecule has 3 nitrogen and oxygen atoms in total. The van der Waals surface area contributed by atoms with Crippen LogP contribution in [0.5, 0.6) is 0 Å². The van der Waals surface area contributed by atoms with Crippen molar-refractivity contribution >= 4 is 10.0 Å². The number of sulfonamides is 1. The normalized spacial score (nSPS) is 24.5. The monoisotopic (exact) mass is 321 g/mol. The van der Waals surface area contributed by atoms with Crippen molar-refractivity contribution in [1.82, 2.24) is 4.31 Å². The molecule has 1 aliphatic rings. The average molecular weight is 321 g/mol. The molecular weight excluding hydrogens is 303 g/mol. The van der Waals surface area contributed by atoms with E-state index < -0.39 is 38.7 Å². The Morgan fingerprint density at radius 2 is 1.81 bits per heavy atom. The first-order chi connectivity index (χ1) is 9.55. The lowest BCUT2D eigenvalue weighted by atomic mass is 10.0. The number of hydrogen-bond acceptors (Lipinski definition) is 2. The zero-order chi connectivity index (χ0) is 16.0. The Hall–Kier alpha value is -1.08. The topological polar surface area (TPSA) is 37.4 Å². The van der Waals surface area contributed by atoms with Crippen LogP contribution in [-0.4, -0.2) is 23.8 Å². The number of halogens is 3. The molecule has 0 amide bonds. The highest BCUT2D eigenvalue weighted by Crippen LogP contribution is 2.42. The van der Waals surface area contributed by atoms with Crippen molar-refractivity contribution in [3.05, 3.63) is 35.4 Å². The lowest BCUT2D eigenvalue weighted by Gasteiger charge is -2.32. The smallest absolute Gasteiger partial charge is 0.222 e. The van der Waals surface area contributed by atoms with Gasteiger partial charge in [-0.2, -0.15) is 4.31 Å². The van der Waals surface area contributed by atoms with Crippen molar-refractivity contribution in [3.63, 3.8) is 0 Å². The minimum Gasteiger partial charge on any atom is -0.229 e. The molecule has 0 saturated carbocycles. The van der Waals surface area contributed by atoms with Crippen LogP contribution in [0.15, 0.2) is 18.2 Å². The molecule has 1 saturated heterocycles. The number of benzene rings is 1. The zero-order valence-electron chi connectivity index (χ0n) is 12.1.